The van der Waals surface area contributed by atoms with E-state index in [-0.39, 0.29) is 0 Å². The van der Waals surface area contributed by atoms with Gasteiger partial charge in [0.05, 0.1) is 0 Å². The van der Waals surface area contributed by atoms with Crippen LogP contribution < -0.4 is 0 Å². The first kappa shape index (κ1) is 8.32. The molecule has 0 aromatic carbocycles. The Morgan fingerprint density at radius 2 is 1.69 bits per heavy atom. The summed E-state index contributed by atoms with van der Waals surface area (Å²) in [7, 11) is 0. The fraction of sp³-hybridized carbons (Fsp3) is 0.923. The molecule has 3 rings (SSSR count). The van der Waals surface area contributed by atoms with Crippen molar-refractivity contribution in [3.05, 3.63) is 5.92 Å². The van der Waals surface area contributed by atoms with Crippen molar-refractivity contribution in [2.75, 3.05) is 0 Å². The summed E-state index contributed by atoms with van der Waals surface area (Å²) >= 11 is 0. The molecule has 0 aromatic heterocycles. The topological polar surface area (TPSA) is 0 Å². The molecule has 2 bridgehead atoms. The van der Waals surface area contributed by atoms with E-state index in [4.69, 9.17) is 0 Å². The molecule has 3 aliphatic rings. The Hall–Kier alpha value is 0. The normalized spacial score (nSPS) is 45.7. The summed E-state index contributed by atoms with van der Waals surface area (Å²) < 4.78 is 0. The van der Waals surface area contributed by atoms with Gasteiger partial charge in [-0.3, -0.25) is 0 Å². The molecule has 0 saturated heterocycles. The zero-order valence-corrected chi connectivity index (χ0v) is 8.60. The highest BCUT2D eigenvalue weighted by Crippen LogP contribution is 2.54. The summed E-state index contributed by atoms with van der Waals surface area (Å²) in [6, 6.07) is 0. The first-order valence-electron chi connectivity index (χ1n) is 6.28. The number of hydrogen-bond donors (Lipinski definition) is 0. The Bertz CT molecular complexity index is 178. The average Bonchev–Trinajstić information content (AvgIpc) is 2.80. The second-order valence-electron chi connectivity index (χ2n) is 5.50. The quantitative estimate of drug-likeness (QED) is 0.568. The summed E-state index contributed by atoms with van der Waals surface area (Å²) in [5.41, 5.74) is 0. The van der Waals surface area contributed by atoms with Crippen molar-refractivity contribution in [3.63, 3.8) is 0 Å². The fourth-order valence-corrected chi connectivity index (χ4v) is 4.12. The lowest BCUT2D eigenvalue weighted by atomic mass is 9.73. The number of fused-ring (bicyclic) bond motifs is 2. The van der Waals surface area contributed by atoms with E-state index in [9.17, 15) is 0 Å². The van der Waals surface area contributed by atoms with E-state index < -0.39 is 0 Å². The molecule has 0 aromatic rings. The van der Waals surface area contributed by atoms with Gasteiger partial charge in [-0.25, -0.2) is 0 Å². The van der Waals surface area contributed by atoms with Crippen LogP contribution in [0, 0.1) is 23.7 Å². The van der Waals surface area contributed by atoms with Crippen LogP contribution in [0.25, 0.3) is 0 Å². The Labute approximate surface area is 82.1 Å². The molecule has 3 aliphatic carbocycles. The molecule has 3 unspecified atom stereocenters. The largest absolute Gasteiger partial charge is 0.0533 e. The molecule has 1 radical (unpaired) electrons. The lowest BCUT2D eigenvalue weighted by Gasteiger charge is -2.32. The minimum Gasteiger partial charge on any atom is -0.0533 e. The lowest BCUT2D eigenvalue weighted by molar-refractivity contribution is 0.302. The highest BCUT2D eigenvalue weighted by molar-refractivity contribution is 5.06. The maximum Gasteiger partial charge on any atom is -0.0207 e. The molecule has 0 heteroatoms. The van der Waals surface area contributed by atoms with Gasteiger partial charge in [-0.15, -0.1) is 0 Å². The molecule has 0 nitrogen and oxygen atoms in total. The van der Waals surface area contributed by atoms with Crippen molar-refractivity contribution >= 4 is 0 Å². The van der Waals surface area contributed by atoms with E-state index in [1.54, 1.807) is 25.7 Å². The molecule has 0 amide bonds. The highest BCUT2D eigenvalue weighted by atomic mass is 14.5. The zero-order chi connectivity index (χ0) is 8.67. The molecular weight excluding hydrogens is 156 g/mol. The minimum atomic E-state index is 1.10. The van der Waals surface area contributed by atoms with Gasteiger partial charge in [0, 0.05) is 0 Å². The Morgan fingerprint density at radius 3 is 2.31 bits per heavy atom. The molecule has 13 heavy (non-hydrogen) atoms. The number of rotatable bonds is 1. The Kier molecular flexibility index (Phi) is 2.11. The van der Waals surface area contributed by atoms with Crippen molar-refractivity contribution < 1.29 is 0 Å². The van der Waals surface area contributed by atoms with Crippen LogP contribution in [0.1, 0.15) is 57.8 Å². The van der Waals surface area contributed by atoms with E-state index in [0.717, 1.165) is 17.8 Å². The van der Waals surface area contributed by atoms with Crippen molar-refractivity contribution in [1.82, 2.24) is 0 Å². The molecule has 73 valence electrons. The van der Waals surface area contributed by atoms with E-state index in [0.29, 0.717) is 0 Å². The van der Waals surface area contributed by atoms with Crippen LogP contribution in [0.3, 0.4) is 0 Å². The third-order valence-electron chi connectivity index (χ3n) is 4.76. The lowest BCUT2D eigenvalue weighted by Crippen LogP contribution is -2.21. The maximum absolute atomic E-state index is 1.98. The first-order chi connectivity index (χ1) is 6.43. The second-order valence-corrected chi connectivity index (χ2v) is 5.50. The predicted molar refractivity (Wildman–Crippen MR) is 55.3 cm³/mol. The predicted octanol–water partition coefficient (Wildman–Crippen LogP) is 3.96. The monoisotopic (exact) mass is 177 g/mol. The molecule has 0 aliphatic heterocycles. The van der Waals surface area contributed by atoms with Gasteiger partial charge in [-0.05, 0) is 55.8 Å². The van der Waals surface area contributed by atoms with Crippen molar-refractivity contribution in [2.24, 2.45) is 17.8 Å². The van der Waals surface area contributed by atoms with Gasteiger partial charge in [-0.2, -0.15) is 0 Å². The van der Waals surface area contributed by atoms with E-state index in [2.05, 4.69) is 0 Å². The summed E-state index contributed by atoms with van der Waals surface area (Å²) in [6.45, 7) is 0. The van der Waals surface area contributed by atoms with Gasteiger partial charge in [-0.1, -0.05) is 25.7 Å². The summed E-state index contributed by atoms with van der Waals surface area (Å²) in [6.07, 6.45) is 13.8. The maximum atomic E-state index is 1.98. The van der Waals surface area contributed by atoms with Gasteiger partial charge < -0.3 is 0 Å². The van der Waals surface area contributed by atoms with Crippen LogP contribution in [0.5, 0.6) is 0 Å². The van der Waals surface area contributed by atoms with Crippen LogP contribution in [0.2, 0.25) is 0 Å². The molecule has 3 atom stereocenters. The third kappa shape index (κ3) is 1.43. The summed E-state index contributed by atoms with van der Waals surface area (Å²) in [5, 5.41) is 0. The van der Waals surface area contributed by atoms with E-state index in [1.807, 2.05) is 5.92 Å². The second kappa shape index (κ2) is 3.29. The minimum absolute atomic E-state index is 1.10. The SMILES string of the molecule is C1CC[C](C2CC3CCC2C3)CC1. The molecule has 3 saturated carbocycles. The summed E-state index contributed by atoms with van der Waals surface area (Å²) in [5.74, 6) is 5.36. The highest BCUT2D eigenvalue weighted by Gasteiger charge is 2.42. The average molecular weight is 177 g/mol. The van der Waals surface area contributed by atoms with Crippen molar-refractivity contribution in [1.29, 1.82) is 0 Å². The van der Waals surface area contributed by atoms with Gasteiger partial charge in [0.25, 0.3) is 0 Å². The van der Waals surface area contributed by atoms with Crippen LogP contribution >= 0.6 is 0 Å². The Balaban J connectivity index is 1.65. The van der Waals surface area contributed by atoms with Crippen LogP contribution in [0.4, 0.5) is 0 Å². The fourth-order valence-electron chi connectivity index (χ4n) is 4.12. The van der Waals surface area contributed by atoms with Crippen LogP contribution in [-0.2, 0) is 0 Å². The van der Waals surface area contributed by atoms with E-state index >= 15 is 0 Å². The van der Waals surface area contributed by atoms with Gasteiger partial charge in [0.15, 0.2) is 0 Å². The van der Waals surface area contributed by atoms with Gasteiger partial charge in [0.2, 0.25) is 0 Å². The standard InChI is InChI=1S/C13H21/c1-2-4-11(5-3-1)13-9-10-6-7-12(13)8-10/h10,12-13H,1-9H2. The van der Waals surface area contributed by atoms with Gasteiger partial charge in [0.1, 0.15) is 0 Å². The van der Waals surface area contributed by atoms with E-state index in [1.165, 1.54) is 32.1 Å². The van der Waals surface area contributed by atoms with Crippen molar-refractivity contribution in [3.8, 4) is 0 Å². The molecule has 0 heterocycles. The number of hydrogen-bond acceptors (Lipinski definition) is 0. The molecular formula is C13H21. The van der Waals surface area contributed by atoms with Gasteiger partial charge >= 0.3 is 0 Å². The first-order valence-corrected chi connectivity index (χ1v) is 6.28. The smallest absolute Gasteiger partial charge is 0.0207 e. The molecule has 3 fully saturated rings. The third-order valence-corrected chi connectivity index (χ3v) is 4.76. The van der Waals surface area contributed by atoms with Crippen molar-refractivity contribution in [2.45, 2.75) is 57.8 Å². The van der Waals surface area contributed by atoms with Crippen LogP contribution in [0.15, 0.2) is 0 Å². The molecule has 0 N–H and O–H groups in total. The summed E-state index contributed by atoms with van der Waals surface area (Å²) in [4.78, 5) is 0. The molecule has 0 spiro atoms. The van der Waals surface area contributed by atoms with Crippen LogP contribution in [-0.4, -0.2) is 0 Å². The Morgan fingerprint density at radius 1 is 0.846 bits per heavy atom. The zero-order valence-electron chi connectivity index (χ0n) is 8.60.